The average molecular weight is 257 g/mol. The lowest BCUT2D eigenvalue weighted by atomic mass is 9.95. The van der Waals surface area contributed by atoms with Crippen LogP contribution in [0.15, 0.2) is 0 Å². The van der Waals surface area contributed by atoms with Crippen LogP contribution in [0.3, 0.4) is 0 Å². The van der Waals surface area contributed by atoms with Crippen LogP contribution < -0.4 is 11.1 Å². The molecule has 2 unspecified atom stereocenters. The third-order valence-corrected chi connectivity index (χ3v) is 3.31. The maximum absolute atomic E-state index is 11.5. The van der Waals surface area contributed by atoms with Crippen LogP contribution in [-0.2, 0) is 9.59 Å². The molecule has 0 aromatic carbocycles. The van der Waals surface area contributed by atoms with E-state index in [-0.39, 0.29) is 12.3 Å². The van der Waals surface area contributed by atoms with E-state index in [0.717, 1.165) is 19.5 Å². The molecule has 18 heavy (non-hydrogen) atoms. The first-order valence-electron chi connectivity index (χ1n) is 6.42. The third kappa shape index (κ3) is 5.46. The number of piperidine rings is 1. The minimum atomic E-state index is -1.05. The number of nitrogens with one attached hydrogen (secondary N) is 1. The molecule has 0 aliphatic carbocycles. The molecule has 0 aromatic rings. The molecule has 104 valence electrons. The standard InChI is InChI=1S/C12H23N3O3/c1-15-6-2-3-9(8-15)4-5-14-12(18)10(13)7-11(16)17/h9-10H,2-8,13H2,1H3,(H,14,18)(H,16,17). The molecule has 1 amide bonds. The predicted octanol–water partition coefficient (Wildman–Crippen LogP) is -0.363. The zero-order chi connectivity index (χ0) is 13.5. The van der Waals surface area contributed by atoms with Gasteiger partial charge in [0.2, 0.25) is 5.91 Å². The highest BCUT2D eigenvalue weighted by Gasteiger charge is 2.19. The predicted molar refractivity (Wildman–Crippen MR) is 68.1 cm³/mol. The molecule has 2 atom stereocenters. The summed E-state index contributed by atoms with van der Waals surface area (Å²) in [6.45, 7) is 2.79. The number of hydrogen-bond donors (Lipinski definition) is 3. The lowest BCUT2D eigenvalue weighted by molar-refractivity contribution is -0.139. The van der Waals surface area contributed by atoms with Gasteiger partial charge in [-0.25, -0.2) is 0 Å². The lowest BCUT2D eigenvalue weighted by Crippen LogP contribution is -2.43. The summed E-state index contributed by atoms with van der Waals surface area (Å²) >= 11 is 0. The first-order valence-corrected chi connectivity index (χ1v) is 6.42. The summed E-state index contributed by atoms with van der Waals surface area (Å²) in [5.41, 5.74) is 5.46. The summed E-state index contributed by atoms with van der Waals surface area (Å²) < 4.78 is 0. The van der Waals surface area contributed by atoms with Crippen LogP contribution in [0, 0.1) is 5.92 Å². The summed E-state index contributed by atoms with van der Waals surface area (Å²) in [6, 6.07) is -0.948. The number of aliphatic carboxylic acids is 1. The number of nitrogens with zero attached hydrogens (tertiary/aromatic N) is 1. The number of nitrogens with two attached hydrogens (primary N) is 1. The smallest absolute Gasteiger partial charge is 0.305 e. The molecule has 1 aliphatic heterocycles. The summed E-state index contributed by atoms with van der Waals surface area (Å²) in [6.07, 6.45) is 3.00. The SMILES string of the molecule is CN1CCCC(CCNC(=O)C(N)CC(=O)O)C1. The van der Waals surface area contributed by atoms with Crippen molar-refractivity contribution in [1.82, 2.24) is 10.2 Å². The molecule has 0 radical (unpaired) electrons. The number of likely N-dealkylation sites (tertiary alicyclic amines) is 1. The fraction of sp³-hybridized carbons (Fsp3) is 0.833. The maximum Gasteiger partial charge on any atom is 0.305 e. The van der Waals surface area contributed by atoms with E-state index in [0.29, 0.717) is 12.5 Å². The highest BCUT2D eigenvalue weighted by Crippen LogP contribution is 2.17. The minimum Gasteiger partial charge on any atom is -0.481 e. The monoisotopic (exact) mass is 257 g/mol. The quantitative estimate of drug-likeness (QED) is 0.604. The molecule has 0 aromatic heterocycles. The van der Waals surface area contributed by atoms with Gasteiger partial charge in [-0.1, -0.05) is 0 Å². The summed E-state index contributed by atoms with van der Waals surface area (Å²) in [5, 5.41) is 11.2. The Hall–Kier alpha value is -1.14. The van der Waals surface area contributed by atoms with Gasteiger partial charge in [0.1, 0.15) is 0 Å². The van der Waals surface area contributed by atoms with E-state index in [2.05, 4.69) is 17.3 Å². The topological polar surface area (TPSA) is 95.7 Å². The number of carboxylic acids is 1. The van der Waals surface area contributed by atoms with Gasteiger partial charge >= 0.3 is 5.97 Å². The van der Waals surface area contributed by atoms with Crippen molar-refractivity contribution in [2.24, 2.45) is 11.7 Å². The van der Waals surface area contributed by atoms with Crippen LogP contribution in [0.4, 0.5) is 0 Å². The number of rotatable bonds is 6. The maximum atomic E-state index is 11.5. The van der Waals surface area contributed by atoms with Gasteiger partial charge in [-0.15, -0.1) is 0 Å². The zero-order valence-electron chi connectivity index (χ0n) is 10.9. The minimum absolute atomic E-state index is 0.321. The normalized spacial score (nSPS) is 22.4. The van der Waals surface area contributed by atoms with E-state index in [9.17, 15) is 9.59 Å². The van der Waals surface area contributed by atoms with Crippen molar-refractivity contribution in [3.63, 3.8) is 0 Å². The molecule has 0 saturated carbocycles. The van der Waals surface area contributed by atoms with Gasteiger partial charge < -0.3 is 21.1 Å². The average Bonchev–Trinajstić information content (AvgIpc) is 2.28. The number of carbonyl (C=O) groups is 2. The first-order chi connectivity index (χ1) is 8.49. The molecule has 1 aliphatic rings. The number of carbonyl (C=O) groups excluding carboxylic acids is 1. The second-order valence-corrected chi connectivity index (χ2v) is 5.05. The molecule has 1 heterocycles. The molecule has 0 bridgehead atoms. The van der Waals surface area contributed by atoms with Crippen molar-refractivity contribution < 1.29 is 14.7 Å². The van der Waals surface area contributed by atoms with Gasteiger partial charge in [0.15, 0.2) is 0 Å². The van der Waals surface area contributed by atoms with Gasteiger partial charge in [0.05, 0.1) is 12.5 Å². The zero-order valence-corrected chi connectivity index (χ0v) is 10.9. The highest BCUT2D eigenvalue weighted by molar-refractivity contribution is 5.85. The van der Waals surface area contributed by atoms with Gasteiger partial charge in [-0.2, -0.15) is 0 Å². The lowest BCUT2D eigenvalue weighted by Gasteiger charge is -2.29. The fourth-order valence-corrected chi connectivity index (χ4v) is 2.32. The van der Waals surface area contributed by atoms with Crippen molar-refractivity contribution in [3.8, 4) is 0 Å². The molecule has 1 fully saturated rings. The van der Waals surface area contributed by atoms with Crippen molar-refractivity contribution in [2.75, 3.05) is 26.7 Å². The Morgan fingerprint density at radius 2 is 2.28 bits per heavy atom. The van der Waals surface area contributed by atoms with E-state index in [1.807, 2.05) is 0 Å². The molecule has 6 nitrogen and oxygen atoms in total. The summed E-state index contributed by atoms with van der Waals surface area (Å²) in [5.74, 6) is -0.812. The van der Waals surface area contributed by atoms with Crippen molar-refractivity contribution in [3.05, 3.63) is 0 Å². The summed E-state index contributed by atoms with van der Waals surface area (Å²) in [7, 11) is 2.10. The van der Waals surface area contributed by atoms with Crippen molar-refractivity contribution in [1.29, 1.82) is 0 Å². The van der Waals surface area contributed by atoms with Crippen LogP contribution in [0.1, 0.15) is 25.7 Å². The highest BCUT2D eigenvalue weighted by atomic mass is 16.4. The van der Waals surface area contributed by atoms with E-state index in [1.165, 1.54) is 12.8 Å². The Labute approximate surface area is 108 Å². The van der Waals surface area contributed by atoms with E-state index >= 15 is 0 Å². The van der Waals surface area contributed by atoms with Gasteiger partial charge in [-0.3, -0.25) is 9.59 Å². The van der Waals surface area contributed by atoms with Crippen molar-refractivity contribution in [2.45, 2.75) is 31.7 Å². The third-order valence-electron chi connectivity index (χ3n) is 3.31. The van der Waals surface area contributed by atoms with Crippen LogP contribution >= 0.6 is 0 Å². The van der Waals surface area contributed by atoms with Crippen LogP contribution in [-0.4, -0.2) is 54.6 Å². The Balaban J connectivity index is 2.16. The molecular weight excluding hydrogens is 234 g/mol. The molecule has 6 heteroatoms. The van der Waals surface area contributed by atoms with Gasteiger partial charge in [0, 0.05) is 13.1 Å². The van der Waals surface area contributed by atoms with Crippen molar-refractivity contribution >= 4 is 11.9 Å². The first kappa shape index (κ1) is 14.9. The Morgan fingerprint density at radius 1 is 1.56 bits per heavy atom. The molecule has 4 N–H and O–H groups in total. The van der Waals surface area contributed by atoms with E-state index in [4.69, 9.17) is 10.8 Å². The van der Waals surface area contributed by atoms with Gasteiger partial charge in [0.25, 0.3) is 0 Å². The van der Waals surface area contributed by atoms with Crippen LogP contribution in [0.5, 0.6) is 0 Å². The Morgan fingerprint density at radius 3 is 2.89 bits per heavy atom. The molecule has 0 spiro atoms. The second-order valence-electron chi connectivity index (χ2n) is 5.05. The number of carboxylic acid groups (broad SMARTS) is 1. The largest absolute Gasteiger partial charge is 0.481 e. The summed E-state index contributed by atoms with van der Waals surface area (Å²) in [4.78, 5) is 24.2. The Bertz CT molecular complexity index is 296. The Kier molecular flexibility index (Phi) is 6.07. The second kappa shape index (κ2) is 7.33. The number of hydrogen-bond acceptors (Lipinski definition) is 4. The van der Waals surface area contributed by atoms with E-state index in [1.54, 1.807) is 0 Å². The van der Waals surface area contributed by atoms with Crippen LogP contribution in [0.25, 0.3) is 0 Å². The molecule has 1 saturated heterocycles. The number of amides is 1. The van der Waals surface area contributed by atoms with Crippen LogP contribution in [0.2, 0.25) is 0 Å². The molecular formula is C12H23N3O3. The van der Waals surface area contributed by atoms with E-state index < -0.39 is 12.0 Å². The fourth-order valence-electron chi connectivity index (χ4n) is 2.32. The molecule has 1 rings (SSSR count). The van der Waals surface area contributed by atoms with Gasteiger partial charge in [-0.05, 0) is 38.8 Å².